The number of anilines is 1. The van der Waals surface area contributed by atoms with Gasteiger partial charge in [-0.2, -0.15) is 0 Å². The zero-order chi connectivity index (χ0) is 20.5. The molecule has 0 saturated carbocycles. The Bertz CT molecular complexity index is 1230. The van der Waals surface area contributed by atoms with E-state index in [1.165, 1.54) is 5.56 Å². The lowest BCUT2D eigenvalue weighted by Crippen LogP contribution is -2.19. The quantitative estimate of drug-likeness (QED) is 0.420. The number of carbonyl (C=O) groups is 1. The number of halogens is 2. The minimum absolute atomic E-state index is 0.113. The predicted octanol–water partition coefficient (Wildman–Crippen LogP) is 6.27. The van der Waals surface area contributed by atoms with Crippen LogP contribution in [0.15, 0.2) is 60.7 Å². The van der Waals surface area contributed by atoms with Crippen LogP contribution in [-0.4, -0.2) is 15.5 Å². The van der Waals surface area contributed by atoms with Crippen LogP contribution in [-0.2, 0) is 11.3 Å². The summed E-state index contributed by atoms with van der Waals surface area (Å²) in [5, 5.41) is 4.01. The highest BCUT2D eigenvalue weighted by Crippen LogP contribution is 2.32. The topological polar surface area (TPSA) is 46.9 Å². The van der Waals surface area contributed by atoms with Crippen LogP contribution >= 0.6 is 23.2 Å². The fourth-order valence-corrected chi connectivity index (χ4v) is 3.77. The molecule has 146 valence electrons. The first-order valence-electron chi connectivity index (χ1n) is 9.20. The molecule has 0 saturated heterocycles. The largest absolute Gasteiger partial charge is 0.325 e. The fourth-order valence-electron chi connectivity index (χ4n) is 3.28. The second-order valence-electron chi connectivity index (χ2n) is 6.98. The molecule has 6 heteroatoms. The first kappa shape index (κ1) is 19.5. The lowest BCUT2D eigenvalue weighted by molar-refractivity contribution is -0.116. The molecule has 1 aromatic heterocycles. The van der Waals surface area contributed by atoms with Crippen LogP contribution in [0.2, 0.25) is 10.0 Å². The Labute approximate surface area is 179 Å². The van der Waals surface area contributed by atoms with E-state index in [0.29, 0.717) is 15.9 Å². The number of aromatic nitrogens is 2. The highest BCUT2D eigenvalue weighted by molar-refractivity contribution is 6.36. The number of fused-ring (bicyclic) bond motifs is 1. The molecule has 1 amide bonds. The van der Waals surface area contributed by atoms with Crippen LogP contribution in [0.5, 0.6) is 0 Å². The number of imidazole rings is 1. The first-order chi connectivity index (χ1) is 13.9. The molecule has 4 rings (SSSR count). The van der Waals surface area contributed by atoms with Gasteiger partial charge in [-0.1, -0.05) is 41.4 Å². The highest BCUT2D eigenvalue weighted by Gasteiger charge is 2.17. The number of nitrogens with one attached hydrogen (secondary N) is 1. The number of hydrogen-bond acceptors (Lipinski definition) is 2. The van der Waals surface area contributed by atoms with Crippen molar-refractivity contribution in [1.29, 1.82) is 0 Å². The molecule has 0 unspecified atom stereocenters. The van der Waals surface area contributed by atoms with E-state index in [4.69, 9.17) is 28.2 Å². The van der Waals surface area contributed by atoms with Crippen LogP contribution in [0, 0.1) is 13.8 Å². The van der Waals surface area contributed by atoms with Crippen molar-refractivity contribution >= 4 is 45.8 Å². The summed E-state index contributed by atoms with van der Waals surface area (Å²) in [5.74, 6) is 0.492. The predicted molar refractivity (Wildman–Crippen MR) is 120 cm³/mol. The molecule has 4 aromatic rings. The molecule has 0 aliphatic heterocycles. The molecule has 3 aromatic carbocycles. The average Bonchev–Trinajstić information content (AvgIpc) is 3.03. The van der Waals surface area contributed by atoms with E-state index >= 15 is 0 Å². The van der Waals surface area contributed by atoms with Crippen molar-refractivity contribution in [3.05, 3.63) is 81.8 Å². The van der Waals surface area contributed by atoms with Gasteiger partial charge in [-0.3, -0.25) is 4.79 Å². The van der Waals surface area contributed by atoms with Crippen LogP contribution in [0.25, 0.3) is 22.4 Å². The third-order valence-electron chi connectivity index (χ3n) is 4.92. The van der Waals surface area contributed by atoms with Crippen LogP contribution in [0.1, 0.15) is 11.1 Å². The van der Waals surface area contributed by atoms with E-state index in [9.17, 15) is 4.79 Å². The summed E-state index contributed by atoms with van der Waals surface area (Å²) in [5.41, 5.74) is 5.48. The third-order valence-corrected chi connectivity index (χ3v) is 5.47. The molecule has 0 atom stereocenters. The van der Waals surface area contributed by atoms with Crippen LogP contribution < -0.4 is 5.32 Å². The van der Waals surface area contributed by atoms with Crippen molar-refractivity contribution in [2.75, 3.05) is 5.32 Å². The van der Waals surface area contributed by atoms with E-state index < -0.39 is 0 Å². The maximum atomic E-state index is 12.8. The van der Waals surface area contributed by atoms with Crippen molar-refractivity contribution in [2.45, 2.75) is 20.4 Å². The lowest BCUT2D eigenvalue weighted by atomic mass is 10.1. The van der Waals surface area contributed by atoms with Crippen molar-refractivity contribution < 1.29 is 4.79 Å². The molecule has 0 aliphatic rings. The SMILES string of the molecule is Cc1ccc(NC(=O)Cn2c(-c3ccc(Cl)cc3Cl)nc3ccccc32)cc1C. The normalized spacial score (nSPS) is 11.0. The molecule has 29 heavy (non-hydrogen) atoms. The maximum Gasteiger partial charge on any atom is 0.244 e. The summed E-state index contributed by atoms with van der Waals surface area (Å²) in [6, 6.07) is 18.8. The Morgan fingerprint density at radius 3 is 2.55 bits per heavy atom. The number of hydrogen-bond donors (Lipinski definition) is 1. The number of rotatable bonds is 4. The number of amides is 1. The molecule has 0 bridgehead atoms. The van der Waals surface area contributed by atoms with E-state index in [2.05, 4.69) is 5.32 Å². The van der Waals surface area contributed by atoms with Gasteiger partial charge in [-0.15, -0.1) is 0 Å². The molecular weight excluding hydrogens is 405 g/mol. The number of aryl methyl sites for hydroxylation is 2. The Hall–Kier alpha value is -2.82. The second-order valence-corrected chi connectivity index (χ2v) is 7.83. The van der Waals surface area contributed by atoms with Gasteiger partial charge in [0.05, 0.1) is 16.1 Å². The molecule has 0 radical (unpaired) electrons. The first-order valence-corrected chi connectivity index (χ1v) is 9.96. The Morgan fingerprint density at radius 1 is 1.00 bits per heavy atom. The minimum atomic E-state index is -0.136. The minimum Gasteiger partial charge on any atom is -0.325 e. The molecule has 1 heterocycles. The van der Waals surface area contributed by atoms with Crippen molar-refractivity contribution in [2.24, 2.45) is 0 Å². The standard InChI is InChI=1S/C23H19Cl2N3O/c1-14-7-9-17(11-15(14)2)26-22(29)13-28-21-6-4-3-5-20(21)27-23(28)18-10-8-16(24)12-19(18)25/h3-12H,13H2,1-2H3,(H,26,29). The Kier molecular flexibility index (Phi) is 5.31. The molecular formula is C23H19Cl2N3O. The van der Waals surface area contributed by atoms with Gasteiger partial charge in [0, 0.05) is 16.3 Å². The summed E-state index contributed by atoms with van der Waals surface area (Å²) in [7, 11) is 0. The Morgan fingerprint density at radius 2 is 1.79 bits per heavy atom. The smallest absolute Gasteiger partial charge is 0.244 e. The lowest BCUT2D eigenvalue weighted by Gasteiger charge is -2.12. The van der Waals surface area contributed by atoms with Gasteiger partial charge < -0.3 is 9.88 Å². The number of carbonyl (C=O) groups excluding carboxylic acids is 1. The molecule has 0 spiro atoms. The summed E-state index contributed by atoms with van der Waals surface area (Å²) in [6.07, 6.45) is 0. The molecule has 1 N–H and O–H groups in total. The zero-order valence-corrected chi connectivity index (χ0v) is 17.6. The monoisotopic (exact) mass is 423 g/mol. The summed E-state index contributed by atoms with van der Waals surface area (Å²) < 4.78 is 1.88. The highest BCUT2D eigenvalue weighted by atomic mass is 35.5. The average molecular weight is 424 g/mol. The maximum absolute atomic E-state index is 12.8. The number of nitrogens with zero attached hydrogens (tertiary/aromatic N) is 2. The van der Waals surface area contributed by atoms with Gasteiger partial charge in [0.1, 0.15) is 12.4 Å². The van der Waals surface area contributed by atoms with E-state index in [1.54, 1.807) is 12.1 Å². The molecule has 0 fully saturated rings. The summed E-state index contributed by atoms with van der Waals surface area (Å²) in [6.45, 7) is 4.18. The van der Waals surface area contributed by atoms with Gasteiger partial charge >= 0.3 is 0 Å². The van der Waals surface area contributed by atoms with E-state index in [1.807, 2.05) is 66.9 Å². The fraction of sp³-hybridized carbons (Fsp3) is 0.130. The number of benzene rings is 3. The van der Waals surface area contributed by atoms with Gasteiger partial charge in [0.2, 0.25) is 5.91 Å². The van der Waals surface area contributed by atoms with Crippen LogP contribution in [0.4, 0.5) is 5.69 Å². The number of para-hydroxylation sites is 2. The molecule has 0 aliphatic carbocycles. The zero-order valence-electron chi connectivity index (χ0n) is 16.0. The summed E-state index contributed by atoms with van der Waals surface area (Å²) in [4.78, 5) is 17.5. The van der Waals surface area contributed by atoms with E-state index in [-0.39, 0.29) is 12.5 Å². The van der Waals surface area contributed by atoms with Crippen molar-refractivity contribution in [1.82, 2.24) is 9.55 Å². The Balaban J connectivity index is 1.72. The van der Waals surface area contributed by atoms with Gasteiger partial charge in [-0.05, 0) is 67.4 Å². The van der Waals surface area contributed by atoms with E-state index in [0.717, 1.165) is 27.8 Å². The second kappa shape index (κ2) is 7.90. The van der Waals surface area contributed by atoms with Gasteiger partial charge in [0.25, 0.3) is 0 Å². The van der Waals surface area contributed by atoms with Gasteiger partial charge in [-0.25, -0.2) is 4.98 Å². The van der Waals surface area contributed by atoms with Crippen molar-refractivity contribution in [3.63, 3.8) is 0 Å². The molecule has 4 nitrogen and oxygen atoms in total. The van der Waals surface area contributed by atoms with Crippen LogP contribution in [0.3, 0.4) is 0 Å². The van der Waals surface area contributed by atoms with Gasteiger partial charge in [0.15, 0.2) is 0 Å². The summed E-state index contributed by atoms with van der Waals surface area (Å²) >= 11 is 12.5. The van der Waals surface area contributed by atoms with Crippen molar-refractivity contribution in [3.8, 4) is 11.4 Å². The third kappa shape index (κ3) is 4.00.